The highest BCUT2D eigenvalue weighted by Gasteiger charge is 2.24. The Morgan fingerprint density at radius 2 is 2.00 bits per heavy atom. The zero-order chi connectivity index (χ0) is 22.5. The van der Waals surface area contributed by atoms with Gasteiger partial charge in [0.25, 0.3) is 5.91 Å². The Bertz CT molecular complexity index is 1110. The molecule has 1 atom stereocenters. The van der Waals surface area contributed by atoms with Gasteiger partial charge in [0, 0.05) is 35.6 Å². The number of fused-ring (bicyclic) bond motifs is 1. The van der Waals surface area contributed by atoms with E-state index in [0.29, 0.717) is 31.1 Å². The Morgan fingerprint density at radius 3 is 2.81 bits per heavy atom. The van der Waals surface area contributed by atoms with Crippen molar-refractivity contribution < 1.29 is 9.59 Å². The molecule has 168 valence electrons. The van der Waals surface area contributed by atoms with Gasteiger partial charge in [0.15, 0.2) is 0 Å². The second-order valence-corrected chi connectivity index (χ2v) is 9.32. The maximum atomic E-state index is 13.1. The molecular formula is C25H29BrN4O2. The van der Waals surface area contributed by atoms with E-state index in [0.717, 1.165) is 47.1 Å². The molecular weight excluding hydrogens is 468 g/mol. The van der Waals surface area contributed by atoms with Crippen LogP contribution in [-0.4, -0.2) is 45.4 Å². The summed E-state index contributed by atoms with van der Waals surface area (Å²) in [6.07, 6.45) is 4.77. The first kappa shape index (κ1) is 22.5. The molecule has 6 nitrogen and oxygen atoms in total. The van der Waals surface area contributed by atoms with Crippen molar-refractivity contribution >= 4 is 38.8 Å². The number of hydrogen-bond acceptors (Lipinski definition) is 3. The molecule has 2 heterocycles. The van der Waals surface area contributed by atoms with Crippen LogP contribution in [0.25, 0.3) is 11.0 Å². The number of likely N-dealkylation sites (tertiary alicyclic amines) is 1. The van der Waals surface area contributed by atoms with Crippen molar-refractivity contribution in [2.24, 2.45) is 0 Å². The second-order valence-electron chi connectivity index (χ2n) is 8.40. The molecule has 1 aromatic heterocycles. The first-order valence-electron chi connectivity index (χ1n) is 11.3. The summed E-state index contributed by atoms with van der Waals surface area (Å²) in [6, 6.07) is 15.6. The predicted octanol–water partition coefficient (Wildman–Crippen LogP) is 4.56. The lowest BCUT2D eigenvalue weighted by molar-refractivity contribution is -0.135. The van der Waals surface area contributed by atoms with Crippen molar-refractivity contribution in [3.8, 4) is 0 Å². The molecule has 7 heteroatoms. The summed E-state index contributed by atoms with van der Waals surface area (Å²) in [7, 11) is 0. The van der Waals surface area contributed by atoms with Gasteiger partial charge in [-0.1, -0.05) is 34.1 Å². The van der Waals surface area contributed by atoms with Crippen LogP contribution in [0.4, 0.5) is 0 Å². The van der Waals surface area contributed by atoms with Crippen LogP contribution in [0, 0.1) is 0 Å². The van der Waals surface area contributed by atoms with Crippen LogP contribution in [0.3, 0.4) is 0 Å². The minimum absolute atomic E-state index is 0.0888. The van der Waals surface area contributed by atoms with E-state index in [1.807, 2.05) is 47.4 Å². The molecule has 32 heavy (non-hydrogen) atoms. The highest BCUT2D eigenvalue weighted by atomic mass is 79.9. The zero-order valence-electron chi connectivity index (χ0n) is 18.4. The number of hydrogen-bond donors (Lipinski definition) is 1. The number of carbonyl (C=O) groups excluding carboxylic acids is 2. The Labute approximate surface area is 197 Å². The van der Waals surface area contributed by atoms with E-state index >= 15 is 0 Å². The van der Waals surface area contributed by atoms with Gasteiger partial charge in [0.2, 0.25) is 5.91 Å². The monoisotopic (exact) mass is 496 g/mol. The molecule has 1 N–H and O–H groups in total. The van der Waals surface area contributed by atoms with E-state index in [2.05, 4.69) is 32.7 Å². The van der Waals surface area contributed by atoms with Crippen LogP contribution < -0.4 is 5.32 Å². The normalized spacial score (nSPS) is 16.3. The highest BCUT2D eigenvalue weighted by molar-refractivity contribution is 9.10. The third-order valence-corrected chi connectivity index (χ3v) is 6.59. The van der Waals surface area contributed by atoms with Crippen molar-refractivity contribution in [1.82, 2.24) is 19.8 Å². The number of nitrogens with zero attached hydrogens (tertiary/aromatic N) is 3. The molecule has 1 saturated heterocycles. The largest absolute Gasteiger partial charge is 0.352 e. The number of aromatic nitrogens is 2. The quantitative estimate of drug-likeness (QED) is 0.487. The van der Waals surface area contributed by atoms with Crippen LogP contribution in [0.2, 0.25) is 0 Å². The summed E-state index contributed by atoms with van der Waals surface area (Å²) in [4.78, 5) is 32.3. The molecule has 3 aromatic rings. The van der Waals surface area contributed by atoms with E-state index in [-0.39, 0.29) is 11.8 Å². The van der Waals surface area contributed by atoms with E-state index in [1.165, 1.54) is 6.42 Å². The van der Waals surface area contributed by atoms with Crippen LogP contribution in [-0.2, 0) is 17.8 Å². The van der Waals surface area contributed by atoms with Gasteiger partial charge in [-0.25, -0.2) is 4.98 Å². The minimum Gasteiger partial charge on any atom is -0.352 e. The maximum absolute atomic E-state index is 13.1. The molecule has 1 aliphatic rings. The first-order valence-corrected chi connectivity index (χ1v) is 12.1. The highest BCUT2D eigenvalue weighted by Crippen LogP contribution is 2.21. The van der Waals surface area contributed by atoms with Gasteiger partial charge in [-0.05, 0) is 62.9 Å². The number of nitrogens with one attached hydrogen (secondary N) is 1. The summed E-state index contributed by atoms with van der Waals surface area (Å²) in [5.41, 5.74) is 2.52. The summed E-state index contributed by atoms with van der Waals surface area (Å²) >= 11 is 3.40. The third-order valence-electron chi connectivity index (χ3n) is 6.10. The average molecular weight is 497 g/mol. The molecule has 2 amide bonds. The van der Waals surface area contributed by atoms with Crippen LogP contribution in [0.15, 0.2) is 53.0 Å². The fourth-order valence-corrected chi connectivity index (χ4v) is 4.77. The van der Waals surface area contributed by atoms with Crippen LogP contribution in [0.1, 0.15) is 48.8 Å². The van der Waals surface area contributed by atoms with Crippen molar-refractivity contribution in [2.75, 3.05) is 13.1 Å². The van der Waals surface area contributed by atoms with Gasteiger partial charge in [0.1, 0.15) is 12.4 Å². The topological polar surface area (TPSA) is 67.2 Å². The van der Waals surface area contributed by atoms with Gasteiger partial charge in [-0.2, -0.15) is 0 Å². The number of para-hydroxylation sites is 2. The van der Waals surface area contributed by atoms with Gasteiger partial charge < -0.3 is 14.8 Å². The van der Waals surface area contributed by atoms with E-state index in [1.54, 1.807) is 6.07 Å². The fourth-order valence-electron chi connectivity index (χ4n) is 4.37. The maximum Gasteiger partial charge on any atom is 0.251 e. The number of aryl methyl sites for hydroxylation is 1. The minimum atomic E-state index is -0.0888. The number of carbonyl (C=O) groups is 2. The second kappa shape index (κ2) is 10.3. The van der Waals surface area contributed by atoms with E-state index in [9.17, 15) is 9.59 Å². The molecule has 0 bridgehead atoms. The van der Waals surface area contributed by atoms with E-state index < -0.39 is 0 Å². The van der Waals surface area contributed by atoms with Crippen molar-refractivity contribution in [3.05, 3.63) is 64.4 Å². The summed E-state index contributed by atoms with van der Waals surface area (Å²) in [5, 5.41) is 2.98. The fraction of sp³-hybridized carbons (Fsp3) is 0.400. The van der Waals surface area contributed by atoms with E-state index in [4.69, 9.17) is 4.98 Å². The Balaban J connectivity index is 1.42. The molecule has 0 radical (unpaired) electrons. The number of amides is 2. The van der Waals surface area contributed by atoms with Gasteiger partial charge in [-0.15, -0.1) is 0 Å². The lowest BCUT2D eigenvalue weighted by Gasteiger charge is -2.33. The standard InChI is InChI=1S/C25H29BrN4O2/c1-18-8-4-5-15-29(18)24(31)17-30-22-12-3-2-11-21(22)28-23(30)13-7-14-27-25(32)19-9-6-10-20(26)16-19/h2-3,6,9-12,16,18H,4-5,7-8,13-15,17H2,1H3,(H,27,32). The zero-order valence-corrected chi connectivity index (χ0v) is 20.0. The van der Waals surface area contributed by atoms with Gasteiger partial charge in [0.05, 0.1) is 11.0 Å². The SMILES string of the molecule is CC1CCCCN1C(=O)Cn1c(CCCNC(=O)c2cccc(Br)c2)nc2ccccc21. The molecule has 2 aromatic carbocycles. The molecule has 0 saturated carbocycles. The molecule has 0 aliphatic carbocycles. The van der Waals surface area contributed by atoms with Crippen LogP contribution >= 0.6 is 15.9 Å². The Morgan fingerprint density at radius 1 is 1.16 bits per heavy atom. The smallest absolute Gasteiger partial charge is 0.251 e. The average Bonchev–Trinajstić information content (AvgIpc) is 3.14. The van der Waals surface area contributed by atoms with Crippen molar-refractivity contribution in [1.29, 1.82) is 0 Å². The van der Waals surface area contributed by atoms with Crippen molar-refractivity contribution in [2.45, 2.75) is 51.6 Å². The molecule has 4 rings (SSSR count). The predicted molar refractivity (Wildman–Crippen MR) is 130 cm³/mol. The number of halogens is 1. The summed E-state index contributed by atoms with van der Waals surface area (Å²) in [5.74, 6) is 0.958. The number of rotatable bonds is 7. The number of piperidine rings is 1. The van der Waals surface area contributed by atoms with Crippen molar-refractivity contribution in [3.63, 3.8) is 0 Å². The first-order chi connectivity index (χ1) is 15.5. The van der Waals surface area contributed by atoms with Gasteiger partial charge in [-0.3, -0.25) is 9.59 Å². The summed E-state index contributed by atoms with van der Waals surface area (Å²) in [6.45, 7) is 3.83. The molecule has 1 unspecified atom stereocenters. The lowest BCUT2D eigenvalue weighted by atomic mass is 10.0. The molecule has 0 spiro atoms. The lowest BCUT2D eigenvalue weighted by Crippen LogP contribution is -2.43. The third kappa shape index (κ3) is 5.21. The molecule has 1 fully saturated rings. The Hall–Kier alpha value is -2.67. The summed E-state index contributed by atoms with van der Waals surface area (Å²) < 4.78 is 2.93. The van der Waals surface area contributed by atoms with Gasteiger partial charge >= 0.3 is 0 Å². The molecule has 1 aliphatic heterocycles. The number of benzene rings is 2. The Kier molecular flexibility index (Phi) is 7.25. The number of imidazole rings is 1. The van der Waals surface area contributed by atoms with Crippen LogP contribution in [0.5, 0.6) is 0 Å².